The Bertz CT molecular complexity index is 176. The van der Waals surface area contributed by atoms with E-state index in [1.165, 1.54) is 6.92 Å². The van der Waals surface area contributed by atoms with Gasteiger partial charge in [-0.05, 0) is 0 Å². The average Bonchev–Trinajstić information content (AvgIpc) is 2.31. The van der Waals surface area contributed by atoms with Crippen LogP contribution in [0.1, 0.15) is 6.92 Å². The van der Waals surface area contributed by atoms with Crippen molar-refractivity contribution >= 4 is 11.9 Å². The van der Waals surface area contributed by atoms with E-state index in [9.17, 15) is 9.59 Å². The first-order valence-electron chi connectivity index (χ1n) is 3.13. The van der Waals surface area contributed by atoms with E-state index in [-0.39, 0.29) is 13.2 Å². The van der Waals surface area contributed by atoms with Crippen molar-refractivity contribution in [2.24, 2.45) is 0 Å². The third kappa shape index (κ3) is 2.55. The summed E-state index contributed by atoms with van der Waals surface area (Å²) in [6, 6.07) is 0. The zero-order valence-corrected chi connectivity index (χ0v) is 6.03. The highest BCUT2D eigenvalue weighted by atomic mass is 16.8. The van der Waals surface area contributed by atoms with Gasteiger partial charge in [-0.2, -0.15) is 0 Å². The van der Waals surface area contributed by atoms with Gasteiger partial charge in [0.1, 0.15) is 6.61 Å². The highest BCUT2D eigenvalue weighted by Gasteiger charge is 2.24. The summed E-state index contributed by atoms with van der Waals surface area (Å²) in [4.78, 5) is 20.7. The molecule has 0 bridgehead atoms. The smallest absolute Gasteiger partial charge is 0.334 e. The summed E-state index contributed by atoms with van der Waals surface area (Å²) in [6.07, 6.45) is -0.716. The van der Waals surface area contributed by atoms with E-state index >= 15 is 0 Å². The molecule has 1 unspecified atom stereocenters. The van der Waals surface area contributed by atoms with Crippen LogP contribution in [0.4, 0.5) is 0 Å². The summed E-state index contributed by atoms with van der Waals surface area (Å²) in [5.41, 5.74) is 0. The molecule has 0 saturated carbocycles. The summed E-state index contributed by atoms with van der Waals surface area (Å²) < 4.78 is 13.9. The van der Waals surface area contributed by atoms with Gasteiger partial charge in [0.25, 0.3) is 0 Å². The summed E-state index contributed by atoms with van der Waals surface area (Å²) in [7, 11) is 0. The second-order valence-electron chi connectivity index (χ2n) is 2.03. The molecule has 1 rings (SSSR count). The number of rotatable bonds is 2. The van der Waals surface area contributed by atoms with Gasteiger partial charge in [-0.15, -0.1) is 0 Å². The first-order chi connectivity index (χ1) is 5.18. The Labute approximate surface area is 63.2 Å². The predicted molar refractivity (Wildman–Crippen MR) is 32.5 cm³/mol. The van der Waals surface area contributed by atoms with Crippen molar-refractivity contribution in [1.29, 1.82) is 0 Å². The maximum atomic E-state index is 10.4. The second kappa shape index (κ2) is 3.34. The molecule has 5 nitrogen and oxygen atoms in total. The Balaban J connectivity index is 2.18. The summed E-state index contributed by atoms with van der Waals surface area (Å²) >= 11 is 0. The Morgan fingerprint density at radius 1 is 1.82 bits per heavy atom. The first kappa shape index (κ1) is 8.00. The zero-order valence-electron chi connectivity index (χ0n) is 6.03. The lowest BCUT2D eigenvalue weighted by Gasteiger charge is -2.06. The lowest BCUT2D eigenvalue weighted by atomic mass is 10.7. The van der Waals surface area contributed by atoms with Gasteiger partial charge in [0.15, 0.2) is 6.61 Å². The molecule has 0 radical (unpaired) electrons. The lowest BCUT2D eigenvalue weighted by molar-refractivity contribution is -0.160. The number of cyclic esters (lactones) is 1. The molecular weight excluding hydrogens is 152 g/mol. The molecule has 5 heteroatoms. The van der Waals surface area contributed by atoms with Crippen LogP contribution >= 0.6 is 0 Å². The molecule has 0 aliphatic carbocycles. The minimum absolute atomic E-state index is 0.0267. The van der Waals surface area contributed by atoms with Crippen molar-refractivity contribution in [1.82, 2.24) is 0 Å². The Morgan fingerprint density at radius 3 is 3.00 bits per heavy atom. The molecule has 11 heavy (non-hydrogen) atoms. The van der Waals surface area contributed by atoms with Crippen LogP contribution in [0, 0.1) is 0 Å². The quantitative estimate of drug-likeness (QED) is 0.507. The van der Waals surface area contributed by atoms with Gasteiger partial charge < -0.3 is 14.2 Å². The molecule has 1 heterocycles. The summed E-state index contributed by atoms with van der Waals surface area (Å²) in [6.45, 7) is 1.18. The number of carbonyl (C=O) groups is 2. The minimum atomic E-state index is -0.716. The van der Waals surface area contributed by atoms with Crippen molar-refractivity contribution in [2.75, 3.05) is 13.2 Å². The molecule has 1 atom stereocenters. The van der Waals surface area contributed by atoms with E-state index in [1.807, 2.05) is 0 Å². The largest absolute Gasteiger partial charge is 0.459 e. The fourth-order valence-electron chi connectivity index (χ4n) is 0.643. The van der Waals surface area contributed by atoms with Gasteiger partial charge in [0, 0.05) is 6.92 Å². The van der Waals surface area contributed by atoms with Crippen molar-refractivity contribution < 1.29 is 23.8 Å². The average molecular weight is 160 g/mol. The molecule has 0 aromatic rings. The number of hydrogen-bond donors (Lipinski definition) is 0. The highest BCUT2D eigenvalue weighted by molar-refractivity contribution is 5.72. The van der Waals surface area contributed by atoms with Gasteiger partial charge in [0.05, 0.1) is 0 Å². The molecule has 0 aromatic heterocycles. The van der Waals surface area contributed by atoms with Crippen LogP contribution in [-0.4, -0.2) is 31.4 Å². The monoisotopic (exact) mass is 160 g/mol. The fraction of sp³-hybridized carbons (Fsp3) is 0.667. The van der Waals surface area contributed by atoms with E-state index in [2.05, 4.69) is 9.47 Å². The van der Waals surface area contributed by atoms with E-state index in [0.717, 1.165) is 0 Å². The summed E-state index contributed by atoms with van der Waals surface area (Å²) in [5.74, 6) is -0.848. The molecule has 0 amide bonds. The number of carbonyl (C=O) groups excluding carboxylic acids is 2. The second-order valence-corrected chi connectivity index (χ2v) is 2.03. The van der Waals surface area contributed by atoms with Gasteiger partial charge in [0.2, 0.25) is 6.29 Å². The van der Waals surface area contributed by atoms with Crippen LogP contribution in [0.15, 0.2) is 0 Å². The van der Waals surface area contributed by atoms with Gasteiger partial charge in [-0.25, -0.2) is 4.79 Å². The minimum Gasteiger partial charge on any atom is -0.459 e. The van der Waals surface area contributed by atoms with Crippen LogP contribution in [0.25, 0.3) is 0 Å². The van der Waals surface area contributed by atoms with Crippen molar-refractivity contribution in [3.05, 3.63) is 0 Å². The molecule has 0 N–H and O–H groups in total. The normalized spacial score (nSPS) is 23.0. The van der Waals surface area contributed by atoms with E-state index in [4.69, 9.17) is 4.74 Å². The van der Waals surface area contributed by atoms with Crippen molar-refractivity contribution in [3.63, 3.8) is 0 Å². The van der Waals surface area contributed by atoms with Crippen LogP contribution in [0.3, 0.4) is 0 Å². The maximum absolute atomic E-state index is 10.4. The van der Waals surface area contributed by atoms with Gasteiger partial charge in [-0.3, -0.25) is 4.79 Å². The zero-order chi connectivity index (χ0) is 8.27. The van der Waals surface area contributed by atoms with Gasteiger partial charge in [-0.1, -0.05) is 0 Å². The molecule has 62 valence electrons. The van der Waals surface area contributed by atoms with Crippen LogP contribution in [-0.2, 0) is 23.8 Å². The van der Waals surface area contributed by atoms with Crippen LogP contribution < -0.4 is 0 Å². The Morgan fingerprint density at radius 2 is 2.55 bits per heavy atom. The molecule has 1 aliphatic rings. The maximum Gasteiger partial charge on any atom is 0.334 e. The third-order valence-electron chi connectivity index (χ3n) is 1.07. The number of ether oxygens (including phenoxy) is 3. The fourth-order valence-corrected chi connectivity index (χ4v) is 0.643. The van der Waals surface area contributed by atoms with E-state index < -0.39 is 18.2 Å². The molecule has 1 saturated heterocycles. The topological polar surface area (TPSA) is 61.8 Å². The SMILES string of the molecule is CC(=O)OCC1OCC(=O)O1. The van der Waals surface area contributed by atoms with E-state index in [0.29, 0.717) is 0 Å². The third-order valence-corrected chi connectivity index (χ3v) is 1.07. The number of hydrogen-bond acceptors (Lipinski definition) is 5. The van der Waals surface area contributed by atoms with Gasteiger partial charge >= 0.3 is 11.9 Å². The Kier molecular flexibility index (Phi) is 2.43. The highest BCUT2D eigenvalue weighted by Crippen LogP contribution is 2.04. The van der Waals surface area contributed by atoms with E-state index in [1.54, 1.807) is 0 Å². The van der Waals surface area contributed by atoms with Crippen molar-refractivity contribution in [3.8, 4) is 0 Å². The summed E-state index contributed by atoms with van der Waals surface area (Å²) in [5, 5.41) is 0. The molecule has 0 spiro atoms. The van der Waals surface area contributed by atoms with Crippen LogP contribution in [0.5, 0.6) is 0 Å². The Hall–Kier alpha value is -1.10. The molecule has 1 fully saturated rings. The molecule has 0 aromatic carbocycles. The van der Waals surface area contributed by atoms with Crippen molar-refractivity contribution in [2.45, 2.75) is 13.2 Å². The lowest BCUT2D eigenvalue weighted by Crippen LogP contribution is -2.18. The first-order valence-corrected chi connectivity index (χ1v) is 3.13. The molecular formula is C6H8O5. The number of esters is 2. The molecule has 1 aliphatic heterocycles. The predicted octanol–water partition coefficient (Wildman–Crippen LogP) is -0.551. The standard InChI is InChI=1S/C6H8O5/c1-4(7)9-3-6-10-2-5(8)11-6/h6H,2-3H2,1H3. The van der Waals surface area contributed by atoms with Crippen LogP contribution in [0.2, 0.25) is 0 Å².